The summed E-state index contributed by atoms with van der Waals surface area (Å²) < 4.78 is 11.3. The van der Waals surface area contributed by atoms with Crippen molar-refractivity contribution in [3.63, 3.8) is 0 Å². The molecule has 3 atom stereocenters. The summed E-state index contributed by atoms with van der Waals surface area (Å²) in [6, 6.07) is 7.71. The summed E-state index contributed by atoms with van der Waals surface area (Å²) in [5.41, 5.74) is 1.72. The van der Waals surface area contributed by atoms with E-state index in [2.05, 4.69) is 15.6 Å². The molecule has 1 amide bonds. The number of benzene rings is 1. The molecule has 2 fully saturated rings. The first-order chi connectivity index (χ1) is 14.9. The number of nitrogens with zero attached hydrogens (tertiary/aromatic N) is 2. The summed E-state index contributed by atoms with van der Waals surface area (Å²) in [5, 5.41) is 16.1. The van der Waals surface area contributed by atoms with Crippen molar-refractivity contribution in [3.05, 3.63) is 35.4 Å². The van der Waals surface area contributed by atoms with E-state index < -0.39 is 0 Å². The van der Waals surface area contributed by atoms with Crippen LogP contribution in [0.15, 0.2) is 29.3 Å². The Hall–Kier alpha value is -2.16. The van der Waals surface area contributed by atoms with Crippen LogP contribution in [0, 0.1) is 5.41 Å². The van der Waals surface area contributed by atoms with E-state index in [-0.39, 0.29) is 30.1 Å². The van der Waals surface area contributed by atoms with Gasteiger partial charge in [0.25, 0.3) is 5.91 Å². The van der Waals surface area contributed by atoms with Gasteiger partial charge in [0.1, 0.15) is 0 Å². The van der Waals surface area contributed by atoms with Crippen LogP contribution in [0.2, 0.25) is 0 Å². The Labute approximate surface area is 185 Å². The third-order valence-corrected chi connectivity index (χ3v) is 6.05. The van der Waals surface area contributed by atoms with Crippen molar-refractivity contribution in [2.45, 2.75) is 45.4 Å². The van der Waals surface area contributed by atoms with E-state index in [4.69, 9.17) is 9.47 Å². The van der Waals surface area contributed by atoms with Crippen molar-refractivity contribution in [3.8, 4) is 0 Å². The number of guanidine groups is 1. The summed E-state index contributed by atoms with van der Waals surface area (Å²) in [4.78, 5) is 19.0. The summed E-state index contributed by atoms with van der Waals surface area (Å²) in [5.74, 6) is 0.757. The lowest BCUT2D eigenvalue weighted by Crippen LogP contribution is -2.48. The lowest BCUT2D eigenvalue weighted by molar-refractivity contribution is -0.0586. The minimum atomic E-state index is -0.0388. The molecule has 2 saturated heterocycles. The molecule has 3 N–H and O–H groups in total. The Kier molecular flexibility index (Phi) is 8.28. The van der Waals surface area contributed by atoms with Gasteiger partial charge in [-0.1, -0.05) is 12.1 Å². The number of carbonyl (C=O) groups excluding carboxylic acids is 1. The van der Waals surface area contributed by atoms with Crippen LogP contribution in [-0.4, -0.2) is 80.6 Å². The molecule has 0 radical (unpaired) electrons. The van der Waals surface area contributed by atoms with Crippen LogP contribution in [0.1, 0.15) is 42.6 Å². The third-order valence-electron chi connectivity index (χ3n) is 6.05. The molecular formula is C23H36N4O4. The zero-order chi connectivity index (χ0) is 22.3. The quantitative estimate of drug-likeness (QED) is 0.445. The average molecular weight is 433 g/mol. The number of ether oxygens (including phenoxy) is 2. The fourth-order valence-electron chi connectivity index (χ4n) is 4.28. The van der Waals surface area contributed by atoms with Gasteiger partial charge >= 0.3 is 0 Å². The largest absolute Gasteiger partial charge is 0.396 e. The van der Waals surface area contributed by atoms with E-state index in [0.29, 0.717) is 50.7 Å². The second-order valence-corrected chi connectivity index (χ2v) is 8.72. The van der Waals surface area contributed by atoms with Crippen LogP contribution >= 0.6 is 0 Å². The van der Waals surface area contributed by atoms with Crippen LogP contribution in [0.3, 0.4) is 0 Å². The number of aliphatic imine (C=N–C) groups is 1. The molecule has 31 heavy (non-hydrogen) atoms. The zero-order valence-corrected chi connectivity index (χ0v) is 18.9. The molecule has 2 heterocycles. The topological polar surface area (TPSA) is 95.4 Å². The molecule has 8 nitrogen and oxygen atoms in total. The molecule has 0 bridgehead atoms. The van der Waals surface area contributed by atoms with E-state index in [0.717, 1.165) is 18.6 Å². The van der Waals surface area contributed by atoms with Gasteiger partial charge in [0.05, 0.1) is 18.8 Å². The number of aliphatic hydroxyl groups excluding tert-OH is 1. The Morgan fingerprint density at radius 3 is 2.52 bits per heavy atom. The molecule has 1 aromatic carbocycles. The number of hydrogen-bond donors (Lipinski definition) is 3. The van der Waals surface area contributed by atoms with Crippen molar-refractivity contribution < 1.29 is 19.4 Å². The van der Waals surface area contributed by atoms with Gasteiger partial charge in [0, 0.05) is 57.4 Å². The molecule has 0 spiro atoms. The van der Waals surface area contributed by atoms with Crippen LogP contribution in [0.25, 0.3) is 0 Å². The molecule has 0 aliphatic carbocycles. The fourth-order valence-corrected chi connectivity index (χ4v) is 4.28. The monoisotopic (exact) mass is 432 g/mol. The lowest BCUT2D eigenvalue weighted by atomic mass is 9.84. The molecule has 3 unspecified atom stereocenters. The Morgan fingerprint density at radius 1 is 1.23 bits per heavy atom. The number of aliphatic hydroxyl groups is 1. The minimum Gasteiger partial charge on any atom is -0.396 e. The van der Waals surface area contributed by atoms with Crippen molar-refractivity contribution in [2.75, 3.05) is 46.5 Å². The number of nitrogens with one attached hydrogen (secondary N) is 2. The van der Waals surface area contributed by atoms with Crippen molar-refractivity contribution in [1.29, 1.82) is 0 Å². The number of hydrogen-bond acceptors (Lipinski definition) is 5. The fraction of sp³-hybridized carbons (Fsp3) is 0.652. The second kappa shape index (κ2) is 10.9. The van der Waals surface area contributed by atoms with Crippen LogP contribution < -0.4 is 10.6 Å². The van der Waals surface area contributed by atoms with Crippen LogP contribution in [0.5, 0.6) is 0 Å². The van der Waals surface area contributed by atoms with Gasteiger partial charge in [-0.05, 0) is 44.4 Å². The van der Waals surface area contributed by atoms with Gasteiger partial charge in [0.15, 0.2) is 5.96 Å². The molecule has 172 valence electrons. The van der Waals surface area contributed by atoms with Gasteiger partial charge in [-0.15, -0.1) is 0 Å². The predicted octanol–water partition coefficient (Wildman–Crippen LogP) is 1.39. The standard InChI is InChI=1S/C23H36N4O4/c1-17-13-27(14-18(2)31-17)21(29)20-6-4-19(5-7-20)12-25-22(24-3)26-15-23(8-10-28)9-11-30-16-23/h4-7,17-18,28H,8-16H2,1-3H3,(H2,24,25,26). The van der Waals surface area contributed by atoms with Crippen molar-refractivity contribution in [2.24, 2.45) is 10.4 Å². The third kappa shape index (κ3) is 6.41. The molecule has 0 saturated carbocycles. The summed E-state index contributed by atoms with van der Waals surface area (Å²) in [6.45, 7) is 8.10. The number of morpholine rings is 1. The SMILES string of the molecule is CN=C(NCc1ccc(C(=O)N2CC(C)OC(C)C2)cc1)NCC1(CCO)CCOC1. The average Bonchev–Trinajstić information content (AvgIpc) is 3.22. The molecule has 1 aromatic rings. The van der Waals surface area contributed by atoms with E-state index in [1.54, 1.807) is 7.05 Å². The molecule has 0 aromatic heterocycles. The molecular weight excluding hydrogens is 396 g/mol. The highest BCUT2D eigenvalue weighted by Gasteiger charge is 2.34. The molecule has 8 heteroatoms. The Morgan fingerprint density at radius 2 is 1.94 bits per heavy atom. The number of amides is 1. The molecule has 2 aliphatic rings. The van der Waals surface area contributed by atoms with Gasteiger partial charge in [-0.25, -0.2) is 0 Å². The van der Waals surface area contributed by atoms with Crippen molar-refractivity contribution in [1.82, 2.24) is 15.5 Å². The summed E-state index contributed by atoms with van der Waals surface area (Å²) >= 11 is 0. The van der Waals surface area contributed by atoms with E-state index >= 15 is 0 Å². The number of rotatable bonds is 7. The maximum Gasteiger partial charge on any atom is 0.254 e. The first-order valence-corrected chi connectivity index (χ1v) is 11.1. The summed E-state index contributed by atoms with van der Waals surface area (Å²) in [6.07, 6.45) is 1.77. The summed E-state index contributed by atoms with van der Waals surface area (Å²) in [7, 11) is 1.74. The molecule has 2 aliphatic heterocycles. The highest BCUT2D eigenvalue weighted by atomic mass is 16.5. The van der Waals surface area contributed by atoms with Crippen LogP contribution in [-0.2, 0) is 16.0 Å². The first kappa shape index (κ1) is 23.5. The Bertz CT molecular complexity index is 736. The van der Waals surface area contributed by atoms with E-state index in [9.17, 15) is 9.90 Å². The zero-order valence-electron chi connectivity index (χ0n) is 18.9. The lowest BCUT2D eigenvalue weighted by Gasteiger charge is -2.35. The van der Waals surface area contributed by atoms with E-state index in [1.165, 1.54) is 0 Å². The smallest absolute Gasteiger partial charge is 0.254 e. The maximum atomic E-state index is 12.8. The number of carbonyl (C=O) groups is 1. The predicted molar refractivity (Wildman–Crippen MR) is 120 cm³/mol. The van der Waals surface area contributed by atoms with Gasteiger partial charge in [-0.2, -0.15) is 0 Å². The van der Waals surface area contributed by atoms with Crippen LogP contribution in [0.4, 0.5) is 0 Å². The first-order valence-electron chi connectivity index (χ1n) is 11.1. The van der Waals surface area contributed by atoms with Gasteiger partial charge < -0.3 is 30.1 Å². The van der Waals surface area contributed by atoms with Gasteiger partial charge in [0.2, 0.25) is 0 Å². The van der Waals surface area contributed by atoms with E-state index in [1.807, 2.05) is 43.0 Å². The normalized spacial score (nSPS) is 26.7. The van der Waals surface area contributed by atoms with Gasteiger partial charge in [-0.3, -0.25) is 9.79 Å². The van der Waals surface area contributed by atoms with Crippen molar-refractivity contribution >= 4 is 11.9 Å². The minimum absolute atomic E-state index is 0.0388. The molecule has 3 rings (SSSR count). The highest BCUT2D eigenvalue weighted by Crippen LogP contribution is 2.31. The second-order valence-electron chi connectivity index (χ2n) is 8.72. The maximum absolute atomic E-state index is 12.8. The highest BCUT2D eigenvalue weighted by molar-refractivity contribution is 5.94. The Balaban J connectivity index is 1.50.